The summed E-state index contributed by atoms with van der Waals surface area (Å²) < 4.78 is 5.60. The molecule has 0 atom stereocenters. The molecule has 3 nitrogen and oxygen atoms in total. The van der Waals surface area contributed by atoms with Gasteiger partial charge in [-0.05, 0) is 31.2 Å². The standard InChI is InChI=1S/C12H12Cl2N2O/c13-9-4-3-8(6-10(9)14)11-7-16-12(17-11)2-1-5-15/h3-4,6-7H,1-2,5,15H2. The summed E-state index contributed by atoms with van der Waals surface area (Å²) in [6.07, 6.45) is 3.30. The van der Waals surface area contributed by atoms with Crippen LogP contribution >= 0.6 is 23.2 Å². The highest BCUT2D eigenvalue weighted by Crippen LogP contribution is 2.28. The molecule has 90 valence electrons. The average Bonchev–Trinajstić information content (AvgIpc) is 2.79. The fourth-order valence-corrected chi connectivity index (χ4v) is 1.76. The van der Waals surface area contributed by atoms with Crippen molar-refractivity contribution in [1.82, 2.24) is 4.98 Å². The fourth-order valence-electron chi connectivity index (χ4n) is 1.46. The molecule has 0 aliphatic carbocycles. The smallest absolute Gasteiger partial charge is 0.194 e. The van der Waals surface area contributed by atoms with Gasteiger partial charge in [-0.1, -0.05) is 23.2 Å². The first-order valence-electron chi connectivity index (χ1n) is 5.31. The normalized spacial score (nSPS) is 10.8. The molecule has 0 bridgehead atoms. The Bertz CT molecular complexity index is 511. The number of nitrogens with two attached hydrogens (primary N) is 1. The highest BCUT2D eigenvalue weighted by molar-refractivity contribution is 6.42. The lowest BCUT2D eigenvalue weighted by molar-refractivity contribution is 0.499. The van der Waals surface area contributed by atoms with Gasteiger partial charge in [0.15, 0.2) is 11.7 Å². The van der Waals surface area contributed by atoms with Crippen LogP contribution in [-0.2, 0) is 6.42 Å². The third-order valence-electron chi connectivity index (χ3n) is 2.35. The van der Waals surface area contributed by atoms with E-state index in [0.29, 0.717) is 28.2 Å². The Kier molecular flexibility index (Phi) is 4.05. The van der Waals surface area contributed by atoms with Gasteiger partial charge in [-0.2, -0.15) is 0 Å². The van der Waals surface area contributed by atoms with Crippen LogP contribution in [0.2, 0.25) is 10.0 Å². The second kappa shape index (κ2) is 5.54. The number of aromatic nitrogens is 1. The van der Waals surface area contributed by atoms with Gasteiger partial charge in [0, 0.05) is 12.0 Å². The van der Waals surface area contributed by atoms with Gasteiger partial charge in [0.2, 0.25) is 0 Å². The zero-order valence-corrected chi connectivity index (χ0v) is 10.6. The van der Waals surface area contributed by atoms with Gasteiger partial charge in [0.1, 0.15) is 0 Å². The predicted octanol–water partition coefficient (Wildman–Crippen LogP) is 3.54. The Balaban J connectivity index is 2.21. The van der Waals surface area contributed by atoms with Crippen LogP contribution in [0.4, 0.5) is 0 Å². The van der Waals surface area contributed by atoms with Gasteiger partial charge >= 0.3 is 0 Å². The monoisotopic (exact) mass is 270 g/mol. The molecule has 17 heavy (non-hydrogen) atoms. The van der Waals surface area contributed by atoms with E-state index in [4.69, 9.17) is 33.4 Å². The number of hydrogen-bond donors (Lipinski definition) is 1. The van der Waals surface area contributed by atoms with E-state index in [0.717, 1.165) is 18.4 Å². The minimum Gasteiger partial charge on any atom is -0.441 e. The van der Waals surface area contributed by atoms with Crippen LogP contribution in [0.3, 0.4) is 0 Å². The van der Waals surface area contributed by atoms with Crippen LogP contribution in [0.1, 0.15) is 12.3 Å². The number of hydrogen-bond acceptors (Lipinski definition) is 3. The van der Waals surface area contributed by atoms with E-state index in [1.165, 1.54) is 0 Å². The van der Waals surface area contributed by atoms with Gasteiger partial charge in [0.25, 0.3) is 0 Å². The number of halogens is 2. The van der Waals surface area contributed by atoms with E-state index >= 15 is 0 Å². The van der Waals surface area contributed by atoms with Gasteiger partial charge in [-0.3, -0.25) is 0 Å². The van der Waals surface area contributed by atoms with Crippen LogP contribution in [0, 0.1) is 0 Å². The highest BCUT2D eigenvalue weighted by Gasteiger charge is 2.07. The Morgan fingerprint density at radius 2 is 2.06 bits per heavy atom. The molecule has 0 aliphatic heterocycles. The Labute approximate surface area is 110 Å². The topological polar surface area (TPSA) is 52.0 Å². The SMILES string of the molecule is NCCCc1ncc(-c2ccc(Cl)c(Cl)c2)o1. The molecule has 0 saturated carbocycles. The molecule has 0 spiro atoms. The summed E-state index contributed by atoms with van der Waals surface area (Å²) in [6, 6.07) is 5.35. The lowest BCUT2D eigenvalue weighted by Gasteiger charge is -1.99. The Morgan fingerprint density at radius 3 is 2.76 bits per heavy atom. The summed E-state index contributed by atoms with van der Waals surface area (Å²) in [5, 5.41) is 1.03. The number of oxazole rings is 1. The van der Waals surface area contributed by atoms with Crippen molar-refractivity contribution < 1.29 is 4.42 Å². The van der Waals surface area contributed by atoms with Crippen LogP contribution < -0.4 is 5.73 Å². The predicted molar refractivity (Wildman–Crippen MR) is 69.3 cm³/mol. The van der Waals surface area contributed by atoms with E-state index in [1.54, 1.807) is 18.3 Å². The molecule has 0 saturated heterocycles. The fraction of sp³-hybridized carbons (Fsp3) is 0.250. The van der Waals surface area contributed by atoms with Crippen molar-refractivity contribution in [1.29, 1.82) is 0 Å². The van der Waals surface area contributed by atoms with Crippen molar-refractivity contribution in [2.45, 2.75) is 12.8 Å². The first-order chi connectivity index (χ1) is 8.20. The van der Waals surface area contributed by atoms with Crippen molar-refractivity contribution >= 4 is 23.2 Å². The summed E-state index contributed by atoms with van der Waals surface area (Å²) in [5.74, 6) is 1.38. The lowest BCUT2D eigenvalue weighted by Crippen LogP contribution is -2.00. The number of nitrogens with zero attached hydrogens (tertiary/aromatic N) is 1. The summed E-state index contributed by atoms with van der Waals surface area (Å²) in [5.41, 5.74) is 6.30. The summed E-state index contributed by atoms with van der Waals surface area (Å²) in [7, 11) is 0. The van der Waals surface area contributed by atoms with Crippen molar-refractivity contribution in [3.8, 4) is 11.3 Å². The van der Waals surface area contributed by atoms with Gasteiger partial charge in [-0.15, -0.1) is 0 Å². The van der Waals surface area contributed by atoms with E-state index in [9.17, 15) is 0 Å². The molecule has 5 heteroatoms. The average molecular weight is 271 g/mol. The second-order valence-corrected chi connectivity index (χ2v) is 4.45. The van der Waals surface area contributed by atoms with Crippen molar-refractivity contribution in [2.24, 2.45) is 5.73 Å². The number of rotatable bonds is 4. The summed E-state index contributed by atoms with van der Waals surface area (Å²) in [4.78, 5) is 4.18. The van der Waals surface area contributed by atoms with Gasteiger partial charge in [0.05, 0.1) is 16.2 Å². The minimum atomic E-state index is 0.504. The Hall–Kier alpha value is -1.03. The molecule has 0 amide bonds. The summed E-state index contributed by atoms with van der Waals surface area (Å²) >= 11 is 11.8. The molecule has 2 aromatic rings. The third-order valence-corrected chi connectivity index (χ3v) is 3.09. The maximum atomic E-state index is 5.94. The zero-order valence-electron chi connectivity index (χ0n) is 9.12. The van der Waals surface area contributed by atoms with E-state index in [1.807, 2.05) is 6.07 Å². The summed E-state index contributed by atoms with van der Waals surface area (Å²) in [6.45, 7) is 0.629. The van der Waals surface area contributed by atoms with E-state index < -0.39 is 0 Å². The molecule has 2 N–H and O–H groups in total. The molecule has 0 unspecified atom stereocenters. The van der Waals surface area contributed by atoms with Crippen LogP contribution in [0.15, 0.2) is 28.8 Å². The third kappa shape index (κ3) is 3.00. The molecule has 1 aromatic carbocycles. The molecule has 1 heterocycles. The van der Waals surface area contributed by atoms with Gasteiger partial charge in [-0.25, -0.2) is 4.98 Å². The largest absolute Gasteiger partial charge is 0.441 e. The van der Waals surface area contributed by atoms with Crippen molar-refractivity contribution in [3.63, 3.8) is 0 Å². The zero-order chi connectivity index (χ0) is 12.3. The number of aryl methyl sites for hydroxylation is 1. The molecule has 0 radical (unpaired) electrons. The number of benzene rings is 1. The van der Waals surface area contributed by atoms with Crippen molar-refractivity contribution in [2.75, 3.05) is 6.54 Å². The second-order valence-electron chi connectivity index (χ2n) is 3.64. The molecule has 0 aliphatic rings. The first-order valence-corrected chi connectivity index (χ1v) is 6.06. The lowest BCUT2D eigenvalue weighted by atomic mass is 10.2. The van der Waals surface area contributed by atoms with Crippen molar-refractivity contribution in [3.05, 3.63) is 40.3 Å². The van der Waals surface area contributed by atoms with Crippen LogP contribution in [-0.4, -0.2) is 11.5 Å². The molecular weight excluding hydrogens is 259 g/mol. The quantitative estimate of drug-likeness (QED) is 0.925. The minimum absolute atomic E-state index is 0.504. The molecule has 2 rings (SSSR count). The molecule has 1 aromatic heterocycles. The molecule has 0 fully saturated rings. The van der Waals surface area contributed by atoms with Crippen LogP contribution in [0.25, 0.3) is 11.3 Å². The maximum Gasteiger partial charge on any atom is 0.194 e. The maximum absolute atomic E-state index is 5.94. The first kappa shape index (κ1) is 12.4. The van der Waals surface area contributed by atoms with Crippen LogP contribution in [0.5, 0.6) is 0 Å². The Morgan fingerprint density at radius 1 is 1.24 bits per heavy atom. The van der Waals surface area contributed by atoms with E-state index in [2.05, 4.69) is 4.98 Å². The highest BCUT2D eigenvalue weighted by atomic mass is 35.5. The molecular formula is C12H12Cl2N2O. The van der Waals surface area contributed by atoms with Gasteiger partial charge < -0.3 is 10.2 Å². The van der Waals surface area contributed by atoms with E-state index in [-0.39, 0.29) is 0 Å².